The zero-order valence-corrected chi connectivity index (χ0v) is 9.03. The third kappa shape index (κ3) is 8.06. The maximum atomic E-state index is 3.27. The van der Waals surface area contributed by atoms with Crippen molar-refractivity contribution < 1.29 is 0 Å². The topological polar surface area (TPSA) is 12.0 Å². The number of nitrogens with one attached hydrogen (secondary N) is 1. The lowest BCUT2D eigenvalue weighted by molar-refractivity contribution is 0.509. The van der Waals surface area contributed by atoms with Gasteiger partial charge in [0.25, 0.3) is 0 Å². The van der Waals surface area contributed by atoms with E-state index in [1.54, 1.807) is 0 Å². The molecular formula is C11H25N. The fraction of sp³-hybridized carbons (Fsp3) is 1.00. The fourth-order valence-electron chi connectivity index (χ4n) is 1.38. The first-order chi connectivity index (χ1) is 5.81. The van der Waals surface area contributed by atoms with E-state index in [0.29, 0.717) is 6.04 Å². The quantitative estimate of drug-likeness (QED) is 0.552. The van der Waals surface area contributed by atoms with Crippen LogP contribution in [0.2, 0.25) is 0 Å². The van der Waals surface area contributed by atoms with Gasteiger partial charge in [-0.3, -0.25) is 0 Å². The lowest BCUT2D eigenvalue weighted by atomic mass is 10.1. The SMILES string of the molecule is CCCCCCCCC(C)NC. The Kier molecular flexibility index (Phi) is 9.02. The Morgan fingerprint density at radius 3 is 2.17 bits per heavy atom. The molecule has 0 amide bonds. The minimum absolute atomic E-state index is 0.705. The molecule has 0 aliphatic heterocycles. The zero-order chi connectivity index (χ0) is 9.23. The van der Waals surface area contributed by atoms with Crippen LogP contribution >= 0.6 is 0 Å². The number of hydrogen-bond acceptors (Lipinski definition) is 1. The third-order valence-electron chi connectivity index (χ3n) is 2.48. The summed E-state index contributed by atoms with van der Waals surface area (Å²) in [6.07, 6.45) is 9.80. The molecule has 0 saturated carbocycles. The first-order valence-electron chi connectivity index (χ1n) is 5.48. The standard InChI is InChI=1S/C11H25N/c1-4-5-6-7-8-9-10-11(2)12-3/h11-12H,4-10H2,1-3H3. The maximum absolute atomic E-state index is 3.27. The molecule has 0 aliphatic carbocycles. The van der Waals surface area contributed by atoms with Gasteiger partial charge < -0.3 is 5.32 Å². The van der Waals surface area contributed by atoms with Crippen LogP contribution in [-0.2, 0) is 0 Å². The van der Waals surface area contributed by atoms with Crippen molar-refractivity contribution in [3.63, 3.8) is 0 Å². The minimum atomic E-state index is 0.705. The average molecular weight is 171 g/mol. The summed E-state index contributed by atoms with van der Waals surface area (Å²) in [5.74, 6) is 0. The Hall–Kier alpha value is -0.0400. The summed E-state index contributed by atoms with van der Waals surface area (Å²) in [6.45, 7) is 4.52. The van der Waals surface area contributed by atoms with Gasteiger partial charge in [0.15, 0.2) is 0 Å². The van der Waals surface area contributed by atoms with E-state index in [1.807, 2.05) is 7.05 Å². The van der Waals surface area contributed by atoms with Crippen LogP contribution in [0.15, 0.2) is 0 Å². The monoisotopic (exact) mass is 171 g/mol. The summed E-state index contributed by atoms with van der Waals surface area (Å²) in [5, 5.41) is 3.27. The molecule has 0 fully saturated rings. The number of rotatable bonds is 8. The van der Waals surface area contributed by atoms with Crippen molar-refractivity contribution >= 4 is 0 Å². The highest BCUT2D eigenvalue weighted by atomic mass is 14.8. The number of unbranched alkanes of at least 4 members (excludes halogenated alkanes) is 5. The minimum Gasteiger partial charge on any atom is -0.317 e. The van der Waals surface area contributed by atoms with E-state index in [1.165, 1.54) is 44.9 Å². The van der Waals surface area contributed by atoms with Crippen molar-refractivity contribution in [1.29, 1.82) is 0 Å². The Morgan fingerprint density at radius 2 is 1.58 bits per heavy atom. The predicted octanol–water partition coefficient (Wildman–Crippen LogP) is 3.34. The fourth-order valence-corrected chi connectivity index (χ4v) is 1.38. The zero-order valence-electron chi connectivity index (χ0n) is 9.03. The maximum Gasteiger partial charge on any atom is 0.00357 e. The van der Waals surface area contributed by atoms with Gasteiger partial charge in [0, 0.05) is 6.04 Å². The van der Waals surface area contributed by atoms with Gasteiger partial charge in [0.2, 0.25) is 0 Å². The Balaban J connectivity index is 2.90. The molecule has 1 N–H and O–H groups in total. The molecular weight excluding hydrogens is 146 g/mol. The Morgan fingerprint density at radius 1 is 1.00 bits per heavy atom. The number of hydrogen-bond donors (Lipinski definition) is 1. The lowest BCUT2D eigenvalue weighted by Crippen LogP contribution is -2.20. The summed E-state index contributed by atoms with van der Waals surface area (Å²) in [4.78, 5) is 0. The summed E-state index contributed by atoms with van der Waals surface area (Å²) in [7, 11) is 2.04. The summed E-state index contributed by atoms with van der Waals surface area (Å²) >= 11 is 0. The normalized spacial score (nSPS) is 13.2. The van der Waals surface area contributed by atoms with Crippen LogP contribution < -0.4 is 5.32 Å². The molecule has 0 aromatic rings. The van der Waals surface area contributed by atoms with Crippen LogP contribution in [0.4, 0.5) is 0 Å². The predicted molar refractivity (Wildman–Crippen MR) is 56.5 cm³/mol. The van der Waals surface area contributed by atoms with E-state index < -0.39 is 0 Å². The smallest absolute Gasteiger partial charge is 0.00357 e. The van der Waals surface area contributed by atoms with Crippen LogP contribution in [0.3, 0.4) is 0 Å². The molecule has 1 atom stereocenters. The van der Waals surface area contributed by atoms with Crippen molar-refractivity contribution in [1.82, 2.24) is 5.32 Å². The van der Waals surface area contributed by atoms with Crippen molar-refractivity contribution in [2.45, 2.75) is 64.8 Å². The van der Waals surface area contributed by atoms with E-state index in [2.05, 4.69) is 19.2 Å². The Labute approximate surface area is 77.9 Å². The van der Waals surface area contributed by atoms with Crippen molar-refractivity contribution in [2.75, 3.05) is 7.05 Å². The van der Waals surface area contributed by atoms with Crippen LogP contribution in [0, 0.1) is 0 Å². The largest absolute Gasteiger partial charge is 0.317 e. The lowest BCUT2D eigenvalue weighted by Gasteiger charge is -2.08. The molecule has 1 unspecified atom stereocenters. The molecule has 0 heterocycles. The molecule has 0 rings (SSSR count). The summed E-state index contributed by atoms with van der Waals surface area (Å²) in [5.41, 5.74) is 0. The second kappa shape index (κ2) is 9.05. The second-order valence-electron chi connectivity index (χ2n) is 3.75. The van der Waals surface area contributed by atoms with Crippen molar-refractivity contribution in [3.8, 4) is 0 Å². The van der Waals surface area contributed by atoms with Crippen LogP contribution in [0.25, 0.3) is 0 Å². The highest BCUT2D eigenvalue weighted by Gasteiger charge is 1.96. The van der Waals surface area contributed by atoms with E-state index in [0.717, 1.165) is 0 Å². The second-order valence-corrected chi connectivity index (χ2v) is 3.75. The van der Waals surface area contributed by atoms with E-state index in [-0.39, 0.29) is 0 Å². The van der Waals surface area contributed by atoms with Gasteiger partial charge in [-0.1, -0.05) is 45.4 Å². The van der Waals surface area contributed by atoms with Gasteiger partial charge in [0.1, 0.15) is 0 Å². The molecule has 0 aromatic carbocycles. The molecule has 12 heavy (non-hydrogen) atoms. The summed E-state index contributed by atoms with van der Waals surface area (Å²) in [6, 6.07) is 0.705. The molecule has 0 aliphatic rings. The van der Waals surface area contributed by atoms with Gasteiger partial charge in [-0.05, 0) is 20.4 Å². The third-order valence-corrected chi connectivity index (χ3v) is 2.48. The first-order valence-corrected chi connectivity index (χ1v) is 5.48. The van der Waals surface area contributed by atoms with Crippen LogP contribution in [0.5, 0.6) is 0 Å². The van der Waals surface area contributed by atoms with Gasteiger partial charge in [-0.25, -0.2) is 0 Å². The van der Waals surface area contributed by atoms with Crippen molar-refractivity contribution in [3.05, 3.63) is 0 Å². The summed E-state index contributed by atoms with van der Waals surface area (Å²) < 4.78 is 0. The van der Waals surface area contributed by atoms with Gasteiger partial charge in [0.05, 0.1) is 0 Å². The molecule has 0 spiro atoms. The first kappa shape index (κ1) is 12.0. The molecule has 0 aromatic heterocycles. The van der Waals surface area contributed by atoms with Crippen LogP contribution in [-0.4, -0.2) is 13.1 Å². The van der Waals surface area contributed by atoms with Gasteiger partial charge in [-0.2, -0.15) is 0 Å². The molecule has 1 heteroatoms. The highest BCUT2D eigenvalue weighted by molar-refractivity contribution is 4.56. The van der Waals surface area contributed by atoms with E-state index >= 15 is 0 Å². The molecule has 0 bridgehead atoms. The Bertz CT molecular complexity index is 81.1. The highest BCUT2D eigenvalue weighted by Crippen LogP contribution is 2.07. The molecule has 74 valence electrons. The molecule has 1 nitrogen and oxygen atoms in total. The van der Waals surface area contributed by atoms with Crippen LogP contribution in [0.1, 0.15) is 58.8 Å². The van der Waals surface area contributed by atoms with Gasteiger partial charge >= 0.3 is 0 Å². The molecule has 0 radical (unpaired) electrons. The van der Waals surface area contributed by atoms with Crippen molar-refractivity contribution in [2.24, 2.45) is 0 Å². The molecule has 0 saturated heterocycles. The van der Waals surface area contributed by atoms with E-state index in [4.69, 9.17) is 0 Å². The van der Waals surface area contributed by atoms with Gasteiger partial charge in [-0.15, -0.1) is 0 Å². The average Bonchev–Trinajstić information content (AvgIpc) is 2.10. The van der Waals surface area contributed by atoms with E-state index in [9.17, 15) is 0 Å².